The van der Waals surface area contributed by atoms with Crippen LogP contribution in [0.15, 0.2) is 91.1 Å². The molecule has 2 N–H and O–H groups in total. The summed E-state index contributed by atoms with van der Waals surface area (Å²) in [4.78, 5) is 9.29. The quantitative estimate of drug-likeness (QED) is 0.417. The largest absolute Gasteiger partial charge is 0.384 e. The summed E-state index contributed by atoms with van der Waals surface area (Å²) in [5.41, 5.74) is 12.4. The fraction of sp³-hybridized carbons (Fsp3) is 0. The molecule has 0 radical (unpaired) electrons. The van der Waals surface area contributed by atoms with E-state index in [-0.39, 0.29) is 0 Å². The van der Waals surface area contributed by atoms with E-state index in [0.717, 1.165) is 44.1 Å². The van der Waals surface area contributed by atoms with E-state index in [9.17, 15) is 0 Å². The lowest BCUT2D eigenvalue weighted by molar-refractivity contribution is 1.37. The molecule has 0 atom stereocenters. The normalized spacial score (nSPS) is 11.1. The molecule has 2 aromatic heterocycles. The highest BCUT2D eigenvalue weighted by Gasteiger charge is 2.13. The lowest BCUT2D eigenvalue weighted by Crippen LogP contribution is -1.95. The minimum absolute atomic E-state index is 0.501. The third-order valence-electron chi connectivity index (χ3n) is 4.88. The summed E-state index contributed by atoms with van der Waals surface area (Å²) in [5.74, 6) is 0.501. The van der Waals surface area contributed by atoms with Crippen LogP contribution < -0.4 is 5.73 Å². The average Bonchev–Trinajstić information content (AvgIpc) is 2.74. The number of nitrogen functional groups attached to an aromatic ring is 1. The van der Waals surface area contributed by atoms with Gasteiger partial charge >= 0.3 is 0 Å². The molecule has 3 heteroatoms. The van der Waals surface area contributed by atoms with Crippen molar-refractivity contribution < 1.29 is 0 Å². The van der Waals surface area contributed by atoms with E-state index >= 15 is 0 Å². The second-order valence-corrected chi connectivity index (χ2v) is 6.54. The highest BCUT2D eigenvalue weighted by molar-refractivity contribution is 6.12. The number of hydrogen-bond donors (Lipinski definition) is 1. The Bertz CT molecular complexity index is 1260. The smallest absolute Gasteiger partial charge is 0.124 e. The first-order valence-corrected chi connectivity index (χ1v) is 8.90. The fourth-order valence-electron chi connectivity index (χ4n) is 3.65. The van der Waals surface area contributed by atoms with Crippen LogP contribution in [0.4, 0.5) is 5.82 Å². The zero-order chi connectivity index (χ0) is 18.2. The third kappa shape index (κ3) is 2.61. The van der Waals surface area contributed by atoms with E-state index in [2.05, 4.69) is 46.4 Å². The van der Waals surface area contributed by atoms with Crippen LogP contribution in [0, 0.1) is 0 Å². The molecule has 5 rings (SSSR count). The number of rotatable bonds is 2. The van der Waals surface area contributed by atoms with Crippen LogP contribution in [0.1, 0.15) is 0 Å². The van der Waals surface area contributed by atoms with Gasteiger partial charge in [-0.2, -0.15) is 0 Å². The van der Waals surface area contributed by atoms with Crippen LogP contribution in [0.2, 0.25) is 0 Å². The van der Waals surface area contributed by atoms with Crippen LogP contribution >= 0.6 is 0 Å². The van der Waals surface area contributed by atoms with Crippen molar-refractivity contribution in [1.82, 2.24) is 9.97 Å². The maximum Gasteiger partial charge on any atom is 0.124 e. The number of benzene rings is 3. The molecule has 0 saturated heterocycles. The van der Waals surface area contributed by atoms with Crippen LogP contribution in [-0.2, 0) is 0 Å². The molecule has 0 aliphatic rings. The van der Waals surface area contributed by atoms with Crippen molar-refractivity contribution in [3.63, 3.8) is 0 Å². The van der Waals surface area contributed by atoms with Crippen molar-refractivity contribution in [2.45, 2.75) is 0 Å². The van der Waals surface area contributed by atoms with Crippen LogP contribution in [0.25, 0.3) is 44.1 Å². The molecule has 3 aromatic carbocycles. The highest BCUT2D eigenvalue weighted by Crippen LogP contribution is 2.35. The number of nitrogens with zero attached hydrogens (tertiary/aromatic N) is 2. The van der Waals surface area contributed by atoms with Crippen molar-refractivity contribution in [3.05, 3.63) is 91.1 Å². The van der Waals surface area contributed by atoms with Crippen molar-refractivity contribution >= 4 is 27.6 Å². The third-order valence-corrected chi connectivity index (χ3v) is 4.88. The maximum atomic E-state index is 6.16. The Labute approximate surface area is 157 Å². The molecular formula is C24H17N3. The highest BCUT2D eigenvalue weighted by atomic mass is 14.8. The van der Waals surface area contributed by atoms with Gasteiger partial charge in [0.1, 0.15) is 5.82 Å². The Hall–Kier alpha value is -3.72. The molecular weight excluding hydrogens is 330 g/mol. The van der Waals surface area contributed by atoms with Gasteiger partial charge in [-0.05, 0) is 34.4 Å². The van der Waals surface area contributed by atoms with Gasteiger partial charge in [-0.3, -0.25) is 4.98 Å². The molecule has 0 aliphatic carbocycles. The number of nitrogens with two attached hydrogens (primary N) is 1. The first-order chi connectivity index (χ1) is 13.3. The number of aromatic nitrogens is 2. The Kier molecular flexibility index (Phi) is 3.58. The van der Waals surface area contributed by atoms with E-state index in [4.69, 9.17) is 5.73 Å². The van der Waals surface area contributed by atoms with E-state index in [1.165, 1.54) is 0 Å². The predicted octanol–water partition coefficient (Wildman–Crippen LogP) is 5.70. The fourth-order valence-corrected chi connectivity index (χ4v) is 3.65. The van der Waals surface area contributed by atoms with Gasteiger partial charge in [-0.1, -0.05) is 72.8 Å². The molecule has 27 heavy (non-hydrogen) atoms. The van der Waals surface area contributed by atoms with Gasteiger partial charge in [0.15, 0.2) is 0 Å². The summed E-state index contributed by atoms with van der Waals surface area (Å²) in [6.45, 7) is 0. The predicted molar refractivity (Wildman–Crippen MR) is 112 cm³/mol. The zero-order valence-corrected chi connectivity index (χ0v) is 14.6. The standard InChI is InChI=1S/C24H17N3/c25-22-15-21(17-9-5-2-6-10-17)20-12-11-19-18(16-7-3-1-4-8-16)13-14-26-23(19)24(20)27-22/h1-15H,(H2,25,27). The van der Waals surface area contributed by atoms with Gasteiger partial charge in [0.2, 0.25) is 0 Å². The van der Waals surface area contributed by atoms with E-state index in [1.807, 2.05) is 54.7 Å². The monoisotopic (exact) mass is 347 g/mol. The second-order valence-electron chi connectivity index (χ2n) is 6.54. The van der Waals surface area contributed by atoms with Gasteiger partial charge in [-0.25, -0.2) is 4.98 Å². The summed E-state index contributed by atoms with van der Waals surface area (Å²) in [6.07, 6.45) is 1.84. The van der Waals surface area contributed by atoms with Crippen LogP contribution in [0.3, 0.4) is 0 Å². The lowest BCUT2D eigenvalue weighted by atomic mass is 9.96. The van der Waals surface area contributed by atoms with E-state index in [1.54, 1.807) is 0 Å². The summed E-state index contributed by atoms with van der Waals surface area (Å²) < 4.78 is 0. The minimum atomic E-state index is 0.501. The molecule has 0 bridgehead atoms. The van der Waals surface area contributed by atoms with Gasteiger partial charge < -0.3 is 5.73 Å². The van der Waals surface area contributed by atoms with E-state index in [0.29, 0.717) is 5.82 Å². The van der Waals surface area contributed by atoms with Crippen LogP contribution in [-0.4, -0.2) is 9.97 Å². The summed E-state index contributed by atoms with van der Waals surface area (Å²) >= 11 is 0. The summed E-state index contributed by atoms with van der Waals surface area (Å²) in [6, 6.07) is 28.8. The topological polar surface area (TPSA) is 51.8 Å². The van der Waals surface area contributed by atoms with Gasteiger partial charge in [0.25, 0.3) is 0 Å². The van der Waals surface area contributed by atoms with Crippen molar-refractivity contribution in [1.29, 1.82) is 0 Å². The Morgan fingerprint density at radius 1 is 0.593 bits per heavy atom. The summed E-state index contributed by atoms with van der Waals surface area (Å²) in [7, 11) is 0. The minimum Gasteiger partial charge on any atom is -0.384 e. The number of fused-ring (bicyclic) bond motifs is 3. The SMILES string of the molecule is Nc1cc(-c2ccccc2)c2ccc3c(-c4ccccc4)ccnc3c2n1. The van der Waals surface area contributed by atoms with Gasteiger partial charge in [-0.15, -0.1) is 0 Å². The molecule has 0 unspecified atom stereocenters. The van der Waals surface area contributed by atoms with Crippen molar-refractivity contribution in [3.8, 4) is 22.3 Å². The van der Waals surface area contributed by atoms with Crippen molar-refractivity contribution in [2.24, 2.45) is 0 Å². The van der Waals surface area contributed by atoms with Crippen LogP contribution in [0.5, 0.6) is 0 Å². The Balaban J connectivity index is 1.86. The molecule has 128 valence electrons. The number of hydrogen-bond acceptors (Lipinski definition) is 3. The molecule has 2 heterocycles. The Morgan fingerprint density at radius 2 is 1.19 bits per heavy atom. The maximum absolute atomic E-state index is 6.16. The number of pyridine rings is 2. The first kappa shape index (κ1) is 15.5. The molecule has 0 fully saturated rings. The first-order valence-electron chi connectivity index (χ1n) is 8.90. The van der Waals surface area contributed by atoms with E-state index < -0.39 is 0 Å². The molecule has 5 aromatic rings. The lowest BCUT2D eigenvalue weighted by Gasteiger charge is -2.12. The molecule has 0 aliphatic heterocycles. The Morgan fingerprint density at radius 3 is 1.85 bits per heavy atom. The second kappa shape index (κ2) is 6.22. The molecule has 0 amide bonds. The van der Waals surface area contributed by atoms with Gasteiger partial charge in [0.05, 0.1) is 11.0 Å². The molecule has 0 saturated carbocycles. The zero-order valence-electron chi connectivity index (χ0n) is 14.6. The van der Waals surface area contributed by atoms with Gasteiger partial charge in [0, 0.05) is 17.0 Å². The van der Waals surface area contributed by atoms with Crippen molar-refractivity contribution in [2.75, 3.05) is 5.73 Å². The average molecular weight is 347 g/mol. The molecule has 3 nitrogen and oxygen atoms in total. The molecule has 0 spiro atoms. The number of anilines is 1. The summed E-state index contributed by atoms with van der Waals surface area (Å²) in [5, 5.41) is 2.13.